The standard InChI is InChI=1S/C21H26FN5O2/c1-25-19(23-20(28)15-6-2-3-7-15)14-17(24-25)21(29)27-12-10-26(11-13-27)18-9-5-4-8-16(18)22/h4-5,8-9,14-15H,2-3,6-7,10-13H2,1H3,(H,23,28). The van der Waals surface area contributed by atoms with Crippen molar-refractivity contribution in [2.45, 2.75) is 25.7 Å². The van der Waals surface area contributed by atoms with Crippen LogP contribution in [-0.4, -0.2) is 52.7 Å². The molecule has 2 amide bonds. The van der Waals surface area contributed by atoms with E-state index >= 15 is 0 Å². The van der Waals surface area contributed by atoms with Gasteiger partial charge in [0.15, 0.2) is 5.69 Å². The van der Waals surface area contributed by atoms with Crippen LogP contribution in [0.5, 0.6) is 0 Å². The molecule has 1 N–H and O–H groups in total. The van der Waals surface area contributed by atoms with Crippen LogP contribution >= 0.6 is 0 Å². The van der Waals surface area contributed by atoms with Gasteiger partial charge in [0.05, 0.1) is 5.69 Å². The number of hydrogen-bond acceptors (Lipinski definition) is 4. The van der Waals surface area contributed by atoms with E-state index in [9.17, 15) is 14.0 Å². The highest BCUT2D eigenvalue weighted by atomic mass is 19.1. The van der Waals surface area contributed by atoms with Crippen LogP contribution in [0.15, 0.2) is 30.3 Å². The Morgan fingerprint density at radius 2 is 1.79 bits per heavy atom. The molecule has 1 aromatic heterocycles. The Kier molecular flexibility index (Phi) is 5.51. The molecular weight excluding hydrogens is 373 g/mol. The average molecular weight is 399 g/mol. The summed E-state index contributed by atoms with van der Waals surface area (Å²) in [4.78, 5) is 28.9. The molecule has 8 heteroatoms. The second kappa shape index (κ2) is 8.23. The third kappa shape index (κ3) is 4.11. The van der Waals surface area contributed by atoms with E-state index in [1.165, 1.54) is 10.7 Å². The number of amides is 2. The number of anilines is 2. The maximum Gasteiger partial charge on any atom is 0.274 e. The summed E-state index contributed by atoms with van der Waals surface area (Å²) >= 11 is 0. The van der Waals surface area contributed by atoms with Crippen LogP contribution in [0, 0.1) is 11.7 Å². The summed E-state index contributed by atoms with van der Waals surface area (Å²) < 4.78 is 15.5. The Bertz CT molecular complexity index is 898. The van der Waals surface area contributed by atoms with Crippen LogP contribution in [0.4, 0.5) is 15.9 Å². The summed E-state index contributed by atoms with van der Waals surface area (Å²) in [5, 5.41) is 7.20. The van der Waals surface area contributed by atoms with Gasteiger partial charge in [0, 0.05) is 45.2 Å². The van der Waals surface area contributed by atoms with Gasteiger partial charge in [0.2, 0.25) is 5.91 Å². The number of benzene rings is 1. The van der Waals surface area contributed by atoms with Gasteiger partial charge in [0.1, 0.15) is 11.6 Å². The lowest BCUT2D eigenvalue weighted by atomic mass is 10.1. The molecule has 2 heterocycles. The largest absolute Gasteiger partial charge is 0.366 e. The number of piperazine rings is 1. The Morgan fingerprint density at radius 3 is 2.48 bits per heavy atom. The number of carbonyl (C=O) groups excluding carboxylic acids is 2. The molecule has 0 atom stereocenters. The molecule has 0 radical (unpaired) electrons. The molecule has 29 heavy (non-hydrogen) atoms. The van der Waals surface area contributed by atoms with Crippen LogP contribution in [0.25, 0.3) is 0 Å². The summed E-state index contributed by atoms with van der Waals surface area (Å²) in [6.45, 7) is 2.11. The van der Waals surface area contributed by atoms with Gasteiger partial charge >= 0.3 is 0 Å². The fourth-order valence-corrected chi connectivity index (χ4v) is 4.13. The van der Waals surface area contributed by atoms with E-state index in [0.717, 1.165) is 25.7 Å². The van der Waals surface area contributed by atoms with Crippen molar-refractivity contribution in [2.75, 3.05) is 36.4 Å². The van der Waals surface area contributed by atoms with Crippen molar-refractivity contribution in [3.8, 4) is 0 Å². The lowest BCUT2D eigenvalue weighted by molar-refractivity contribution is -0.119. The quantitative estimate of drug-likeness (QED) is 0.858. The minimum absolute atomic E-state index is 0.00278. The highest BCUT2D eigenvalue weighted by Gasteiger charge is 2.27. The van der Waals surface area contributed by atoms with E-state index < -0.39 is 0 Å². The van der Waals surface area contributed by atoms with Crippen LogP contribution < -0.4 is 10.2 Å². The summed E-state index contributed by atoms with van der Waals surface area (Å²) in [7, 11) is 1.72. The molecule has 2 aliphatic rings. The average Bonchev–Trinajstić information content (AvgIpc) is 3.39. The predicted octanol–water partition coefficient (Wildman–Crippen LogP) is 2.65. The highest BCUT2D eigenvalue weighted by molar-refractivity contribution is 5.96. The van der Waals surface area contributed by atoms with Gasteiger partial charge in [-0.25, -0.2) is 4.39 Å². The highest BCUT2D eigenvalue weighted by Crippen LogP contribution is 2.26. The molecule has 4 rings (SSSR count). The predicted molar refractivity (Wildman–Crippen MR) is 108 cm³/mol. The zero-order valence-electron chi connectivity index (χ0n) is 16.6. The Balaban J connectivity index is 1.38. The zero-order valence-corrected chi connectivity index (χ0v) is 16.6. The molecule has 2 aromatic rings. The lowest BCUT2D eigenvalue weighted by Crippen LogP contribution is -2.49. The van der Waals surface area contributed by atoms with Crippen LogP contribution in [0.3, 0.4) is 0 Å². The van der Waals surface area contributed by atoms with Gasteiger partial charge in [-0.05, 0) is 25.0 Å². The maximum absolute atomic E-state index is 14.0. The fourth-order valence-electron chi connectivity index (χ4n) is 4.13. The first-order valence-corrected chi connectivity index (χ1v) is 10.2. The normalized spacial score (nSPS) is 17.6. The molecule has 0 unspecified atom stereocenters. The van der Waals surface area contributed by atoms with E-state index in [4.69, 9.17) is 0 Å². The first-order valence-electron chi connectivity index (χ1n) is 10.2. The topological polar surface area (TPSA) is 70.5 Å². The van der Waals surface area contributed by atoms with Crippen molar-refractivity contribution in [2.24, 2.45) is 13.0 Å². The molecule has 1 saturated carbocycles. The maximum atomic E-state index is 14.0. The van der Waals surface area contributed by atoms with Gasteiger partial charge in [-0.1, -0.05) is 25.0 Å². The van der Waals surface area contributed by atoms with Gasteiger partial charge in [-0.3, -0.25) is 14.3 Å². The van der Waals surface area contributed by atoms with E-state index in [-0.39, 0.29) is 23.5 Å². The molecule has 2 fully saturated rings. The Labute approximate surface area is 169 Å². The van der Waals surface area contributed by atoms with Crippen LogP contribution in [-0.2, 0) is 11.8 Å². The minimum atomic E-state index is -0.250. The van der Waals surface area contributed by atoms with Gasteiger partial charge in [0.25, 0.3) is 5.91 Å². The molecule has 154 valence electrons. The lowest BCUT2D eigenvalue weighted by Gasteiger charge is -2.35. The smallest absolute Gasteiger partial charge is 0.274 e. The monoisotopic (exact) mass is 399 g/mol. The van der Waals surface area contributed by atoms with Crippen molar-refractivity contribution in [1.82, 2.24) is 14.7 Å². The van der Waals surface area contributed by atoms with E-state index in [2.05, 4.69) is 10.4 Å². The van der Waals surface area contributed by atoms with Gasteiger partial charge in [-0.15, -0.1) is 0 Å². The van der Waals surface area contributed by atoms with Crippen molar-refractivity contribution < 1.29 is 14.0 Å². The number of carbonyl (C=O) groups is 2. The number of aromatic nitrogens is 2. The van der Waals surface area contributed by atoms with E-state index in [1.807, 2.05) is 11.0 Å². The number of halogens is 1. The Hall–Kier alpha value is -2.90. The molecule has 7 nitrogen and oxygen atoms in total. The van der Waals surface area contributed by atoms with Crippen molar-refractivity contribution in [3.63, 3.8) is 0 Å². The molecule has 1 saturated heterocycles. The summed E-state index contributed by atoms with van der Waals surface area (Å²) in [6, 6.07) is 8.32. The third-order valence-electron chi connectivity index (χ3n) is 5.84. The second-order valence-corrected chi connectivity index (χ2v) is 7.74. The number of nitrogens with one attached hydrogen (secondary N) is 1. The number of aryl methyl sites for hydroxylation is 1. The molecule has 0 spiro atoms. The fraction of sp³-hybridized carbons (Fsp3) is 0.476. The van der Waals surface area contributed by atoms with E-state index in [0.29, 0.717) is 43.4 Å². The summed E-state index contributed by atoms with van der Waals surface area (Å²) in [5.74, 6) is 0.170. The second-order valence-electron chi connectivity index (χ2n) is 7.74. The first kappa shape index (κ1) is 19.4. The molecule has 1 aliphatic carbocycles. The Morgan fingerprint density at radius 1 is 1.10 bits per heavy atom. The first-order chi connectivity index (χ1) is 14.0. The summed E-state index contributed by atoms with van der Waals surface area (Å²) in [5.41, 5.74) is 0.878. The summed E-state index contributed by atoms with van der Waals surface area (Å²) in [6.07, 6.45) is 4.02. The molecular formula is C21H26FN5O2. The van der Waals surface area contributed by atoms with Crippen molar-refractivity contribution in [1.29, 1.82) is 0 Å². The van der Waals surface area contributed by atoms with Gasteiger partial charge < -0.3 is 15.1 Å². The SMILES string of the molecule is Cn1nc(C(=O)N2CCN(c3ccccc3F)CC2)cc1NC(=O)C1CCCC1. The van der Waals surface area contributed by atoms with Gasteiger partial charge in [-0.2, -0.15) is 5.10 Å². The van der Waals surface area contributed by atoms with Crippen molar-refractivity contribution in [3.05, 3.63) is 41.8 Å². The number of rotatable bonds is 4. The van der Waals surface area contributed by atoms with Crippen molar-refractivity contribution >= 4 is 23.3 Å². The number of nitrogens with zero attached hydrogens (tertiary/aromatic N) is 4. The molecule has 0 bridgehead atoms. The number of para-hydroxylation sites is 1. The molecule has 1 aliphatic heterocycles. The molecule has 1 aromatic carbocycles. The van der Waals surface area contributed by atoms with E-state index in [1.54, 1.807) is 30.1 Å². The van der Waals surface area contributed by atoms with Crippen LogP contribution in [0.2, 0.25) is 0 Å². The minimum Gasteiger partial charge on any atom is -0.366 e. The number of hydrogen-bond donors (Lipinski definition) is 1. The van der Waals surface area contributed by atoms with Crippen LogP contribution in [0.1, 0.15) is 36.2 Å². The zero-order chi connectivity index (χ0) is 20.4. The third-order valence-corrected chi connectivity index (χ3v) is 5.84.